The average molecular weight is 281 g/mol. The largest absolute Gasteiger partial charge is 0.361 e. The van der Waals surface area contributed by atoms with E-state index in [2.05, 4.69) is 15.8 Å². The van der Waals surface area contributed by atoms with Crippen molar-refractivity contribution in [1.29, 1.82) is 0 Å². The van der Waals surface area contributed by atoms with Gasteiger partial charge in [-0.05, 0) is 19.3 Å². The minimum Gasteiger partial charge on any atom is -0.361 e. The predicted octanol–water partition coefficient (Wildman–Crippen LogP) is 1.46. The molecular weight excluding hydrogens is 258 g/mol. The van der Waals surface area contributed by atoms with E-state index in [9.17, 15) is 9.59 Å². The van der Waals surface area contributed by atoms with Crippen LogP contribution >= 0.6 is 0 Å². The summed E-state index contributed by atoms with van der Waals surface area (Å²) in [6.45, 7) is 9.89. The van der Waals surface area contributed by atoms with Gasteiger partial charge >= 0.3 is 0 Å². The SMILES string of the molecule is Cc1noc(C)c1CNC(=O)CNC(=O)CC(C)(C)C. The zero-order valence-electron chi connectivity index (χ0n) is 12.8. The van der Waals surface area contributed by atoms with Crippen molar-refractivity contribution in [1.82, 2.24) is 15.8 Å². The number of carbonyl (C=O) groups is 2. The summed E-state index contributed by atoms with van der Waals surface area (Å²) in [5.41, 5.74) is 1.55. The number of aryl methyl sites for hydroxylation is 2. The Balaban J connectivity index is 2.33. The first-order valence-corrected chi connectivity index (χ1v) is 6.64. The van der Waals surface area contributed by atoms with Gasteiger partial charge in [0.25, 0.3) is 0 Å². The molecular formula is C14H23N3O3. The molecule has 0 saturated heterocycles. The fourth-order valence-corrected chi connectivity index (χ4v) is 1.73. The first kappa shape index (κ1) is 16.2. The highest BCUT2D eigenvalue weighted by molar-refractivity contribution is 5.84. The van der Waals surface area contributed by atoms with Gasteiger partial charge in [-0.2, -0.15) is 0 Å². The average Bonchev–Trinajstić information content (AvgIpc) is 2.62. The lowest BCUT2D eigenvalue weighted by molar-refractivity contribution is -0.127. The van der Waals surface area contributed by atoms with Crippen LogP contribution in [0.1, 0.15) is 44.2 Å². The summed E-state index contributed by atoms with van der Waals surface area (Å²) in [6, 6.07) is 0. The Morgan fingerprint density at radius 1 is 1.15 bits per heavy atom. The molecule has 0 aliphatic heterocycles. The number of hydrogen-bond donors (Lipinski definition) is 2. The van der Waals surface area contributed by atoms with E-state index < -0.39 is 0 Å². The van der Waals surface area contributed by atoms with Crippen molar-refractivity contribution in [3.63, 3.8) is 0 Å². The number of nitrogens with zero attached hydrogens (tertiary/aromatic N) is 1. The van der Waals surface area contributed by atoms with Crippen molar-refractivity contribution in [2.45, 2.75) is 47.6 Å². The molecule has 0 aliphatic carbocycles. The van der Waals surface area contributed by atoms with Gasteiger partial charge in [-0.25, -0.2) is 0 Å². The quantitative estimate of drug-likeness (QED) is 0.855. The van der Waals surface area contributed by atoms with E-state index >= 15 is 0 Å². The molecule has 0 bridgehead atoms. The smallest absolute Gasteiger partial charge is 0.239 e. The van der Waals surface area contributed by atoms with Crippen LogP contribution in [0.3, 0.4) is 0 Å². The highest BCUT2D eigenvalue weighted by atomic mass is 16.5. The number of hydrogen-bond acceptors (Lipinski definition) is 4. The maximum Gasteiger partial charge on any atom is 0.239 e. The number of aromatic nitrogens is 1. The monoisotopic (exact) mass is 281 g/mol. The van der Waals surface area contributed by atoms with Gasteiger partial charge in [0.2, 0.25) is 11.8 Å². The highest BCUT2D eigenvalue weighted by Crippen LogP contribution is 2.17. The van der Waals surface area contributed by atoms with Crippen LogP contribution < -0.4 is 10.6 Å². The maximum absolute atomic E-state index is 11.7. The van der Waals surface area contributed by atoms with Crippen LogP contribution in [0.4, 0.5) is 0 Å². The number of amides is 2. The molecule has 1 rings (SSSR count). The molecule has 1 heterocycles. The van der Waals surface area contributed by atoms with Crippen molar-refractivity contribution < 1.29 is 14.1 Å². The molecule has 20 heavy (non-hydrogen) atoms. The summed E-state index contributed by atoms with van der Waals surface area (Å²) >= 11 is 0. The Morgan fingerprint density at radius 2 is 1.80 bits per heavy atom. The summed E-state index contributed by atoms with van der Waals surface area (Å²) < 4.78 is 5.01. The van der Waals surface area contributed by atoms with Gasteiger partial charge in [0.05, 0.1) is 12.2 Å². The fourth-order valence-electron chi connectivity index (χ4n) is 1.73. The Kier molecular flexibility index (Phi) is 5.30. The first-order chi connectivity index (χ1) is 9.19. The van der Waals surface area contributed by atoms with Crippen molar-refractivity contribution in [2.24, 2.45) is 5.41 Å². The molecule has 0 aromatic carbocycles. The zero-order valence-corrected chi connectivity index (χ0v) is 12.8. The minimum atomic E-state index is -0.229. The molecule has 0 radical (unpaired) electrons. The van der Waals surface area contributed by atoms with Crippen molar-refractivity contribution in [2.75, 3.05) is 6.54 Å². The van der Waals surface area contributed by atoms with Crippen LogP contribution in [0.2, 0.25) is 0 Å². The molecule has 0 saturated carbocycles. The third-order valence-electron chi connectivity index (χ3n) is 2.78. The summed E-state index contributed by atoms with van der Waals surface area (Å²) in [5.74, 6) is 0.344. The van der Waals surface area contributed by atoms with E-state index in [4.69, 9.17) is 4.52 Å². The summed E-state index contributed by atoms with van der Waals surface area (Å²) in [5, 5.41) is 9.15. The predicted molar refractivity (Wildman–Crippen MR) is 74.9 cm³/mol. The maximum atomic E-state index is 11.7. The number of nitrogens with one attached hydrogen (secondary N) is 2. The van der Waals surface area contributed by atoms with Crippen LogP contribution in [0.25, 0.3) is 0 Å². The molecule has 0 atom stereocenters. The molecule has 1 aromatic rings. The van der Waals surface area contributed by atoms with Crippen LogP contribution in [-0.4, -0.2) is 23.5 Å². The highest BCUT2D eigenvalue weighted by Gasteiger charge is 2.16. The van der Waals surface area contributed by atoms with E-state index in [1.54, 1.807) is 6.92 Å². The normalized spacial score (nSPS) is 11.2. The Labute approximate surface area is 119 Å². The Bertz CT molecular complexity index is 467. The Hall–Kier alpha value is -1.85. The summed E-state index contributed by atoms with van der Waals surface area (Å²) in [6.07, 6.45) is 0.393. The molecule has 2 N–H and O–H groups in total. The molecule has 0 unspecified atom stereocenters. The third-order valence-corrected chi connectivity index (χ3v) is 2.78. The van der Waals surface area contributed by atoms with Crippen LogP contribution in [0, 0.1) is 19.3 Å². The van der Waals surface area contributed by atoms with Crippen molar-refractivity contribution >= 4 is 11.8 Å². The fraction of sp³-hybridized carbons (Fsp3) is 0.643. The minimum absolute atomic E-state index is 0.0156. The molecule has 0 spiro atoms. The molecule has 2 amide bonds. The van der Waals surface area contributed by atoms with Gasteiger partial charge in [-0.3, -0.25) is 9.59 Å². The molecule has 0 fully saturated rings. The topological polar surface area (TPSA) is 84.2 Å². The van der Waals surface area contributed by atoms with E-state index in [0.29, 0.717) is 18.7 Å². The van der Waals surface area contributed by atoms with E-state index in [1.165, 1.54) is 0 Å². The molecule has 6 heteroatoms. The lowest BCUT2D eigenvalue weighted by Gasteiger charge is -2.17. The molecule has 6 nitrogen and oxygen atoms in total. The number of rotatable bonds is 5. The molecule has 1 aromatic heterocycles. The summed E-state index contributed by atoms with van der Waals surface area (Å²) in [4.78, 5) is 23.2. The summed E-state index contributed by atoms with van der Waals surface area (Å²) in [7, 11) is 0. The number of carbonyl (C=O) groups excluding carboxylic acids is 2. The first-order valence-electron chi connectivity index (χ1n) is 6.64. The van der Waals surface area contributed by atoms with E-state index in [0.717, 1.165) is 11.3 Å². The lowest BCUT2D eigenvalue weighted by atomic mass is 9.92. The van der Waals surface area contributed by atoms with Crippen LogP contribution in [0.5, 0.6) is 0 Å². The molecule has 0 aliphatic rings. The third kappa shape index (κ3) is 5.42. The lowest BCUT2D eigenvalue weighted by Crippen LogP contribution is -2.37. The second-order valence-corrected chi connectivity index (χ2v) is 6.09. The molecule has 112 valence electrons. The second kappa shape index (κ2) is 6.54. The van der Waals surface area contributed by atoms with Gasteiger partial charge in [-0.1, -0.05) is 25.9 Å². The van der Waals surface area contributed by atoms with Gasteiger partial charge in [0, 0.05) is 18.5 Å². The standard InChI is InChI=1S/C14H23N3O3/c1-9-11(10(2)20-17-9)7-15-13(19)8-16-12(18)6-14(3,4)5/h6-8H2,1-5H3,(H,15,19)(H,16,18). The Morgan fingerprint density at radius 3 is 2.30 bits per heavy atom. The van der Waals surface area contributed by atoms with Gasteiger partial charge < -0.3 is 15.2 Å². The second-order valence-electron chi connectivity index (χ2n) is 6.09. The van der Waals surface area contributed by atoms with E-state index in [1.807, 2.05) is 27.7 Å². The zero-order chi connectivity index (χ0) is 15.3. The van der Waals surface area contributed by atoms with Crippen molar-refractivity contribution in [3.8, 4) is 0 Å². The van der Waals surface area contributed by atoms with Gasteiger partial charge in [0.1, 0.15) is 5.76 Å². The van der Waals surface area contributed by atoms with Gasteiger partial charge in [0.15, 0.2) is 0 Å². The van der Waals surface area contributed by atoms with Crippen LogP contribution in [0.15, 0.2) is 4.52 Å². The van der Waals surface area contributed by atoms with E-state index in [-0.39, 0.29) is 23.8 Å². The van der Waals surface area contributed by atoms with Crippen LogP contribution in [-0.2, 0) is 16.1 Å². The van der Waals surface area contributed by atoms with Gasteiger partial charge in [-0.15, -0.1) is 0 Å². The van der Waals surface area contributed by atoms with Crippen molar-refractivity contribution in [3.05, 3.63) is 17.0 Å².